The molecule has 1 aliphatic heterocycles. The molecule has 0 spiro atoms. The highest BCUT2D eigenvalue weighted by atomic mass is 32.2. The molecule has 2 aromatic rings. The number of sulfonamides is 1. The first kappa shape index (κ1) is 14.8. The molecule has 0 aliphatic carbocycles. The molecule has 5 nitrogen and oxygen atoms in total. The van der Waals surface area contributed by atoms with Crippen LogP contribution in [0.4, 0.5) is 10.1 Å². The Labute approximate surface area is 128 Å². The van der Waals surface area contributed by atoms with Crippen molar-refractivity contribution in [3.63, 3.8) is 0 Å². The van der Waals surface area contributed by atoms with Gasteiger partial charge in [-0.15, -0.1) is 0 Å². The van der Waals surface area contributed by atoms with Gasteiger partial charge in [-0.1, -0.05) is 12.1 Å². The van der Waals surface area contributed by atoms with Crippen LogP contribution in [0.15, 0.2) is 47.4 Å². The lowest BCUT2D eigenvalue weighted by atomic mass is 10.2. The zero-order chi connectivity index (χ0) is 15.7. The molecule has 3 rings (SSSR count). The van der Waals surface area contributed by atoms with Gasteiger partial charge in [0.1, 0.15) is 18.2 Å². The van der Waals surface area contributed by atoms with Gasteiger partial charge in [-0.2, -0.15) is 0 Å². The second-order valence-electron chi connectivity index (χ2n) is 4.89. The van der Waals surface area contributed by atoms with Crippen molar-refractivity contribution >= 4 is 15.7 Å². The third-order valence-corrected chi connectivity index (χ3v) is 5.32. The van der Waals surface area contributed by atoms with Crippen molar-refractivity contribution in [1.29, 1.82) is 0 Å². The Kier molecular flexibility index (Phi) is 3.76. The van der Waals surface area contributed by atoms with Crippen LogP contribution in [-0.2, 0) is 16.6 Å². The summed E-state index contributed by atoms with van der Waals surface area (Å²) in [6, 6.07) is 10.2. The predicted octanol–water partition coefficient (Wildman–Crippen LogP) is 1.87. The Hall–Kier alpha value is -2.12. The Bertz CT molecular complexity index is 791. The number of nitrogens with two attached hydrogens (primary N) is 1. The molecule has 0 saturated carbocycles. The van der Waals surface area contributed by atoms with Crippen molar-refractivity contribution in [1.82, 2.24) is 0 Å². The third kappa shape index (κ3) is 2.53. The van der Waals surface area contributed by atoms with Crippen LogP contribution < -0.4 is 14.8 Å². The summed E-state index contributed by atoms with van der Waals surface area (Å²) in [5, 5.41) is 0. The number of rotatable bonds is 3. The van der Waals surface area contributed by atoms with E-state index in [0.717, 1.165) is 5.56 Å². The molecule has 0 saturated heterocycles. The van der Waals surface area contributed by atoms with Gasteiger partial charge in [0, 0.05) is 12.6 Å². The molecule has 1 aliphatic rings. The maximum atomic E-state index is 13.5. The molecule has 2 aromatic carbocycles. The Morgan fingerprint density at radius 1 is 1.18 bits per heavy atom. The molecule has 22 heavy (non-hydrogen) atoms. The number of fused-ring (bicyclic) bond motifs is 1. The first-order valence-electron chi connectivity index (χ1n) is 6.76. The van der Waals surface area contributed by atoms with Crippen molar-refractivity contribution < 1.29 is 17.5 Å². The molecule has 0 fully saturated rings. The molecule has 0 bridgehead atoms. The van der Waals surface area contributed by atoms with Gasteiger partial charge in [0.15, 0.2) is 0 Å². The van der Waals surface area contributed by atoms with E-state index >= 15 is 0 Å². The van der Waals surface area contributed by atoms with E-state index in [0.29, 0.717) is 12.3 Å². The summed E-state index contributed by atoms with van der Waals surface area (Å²) in [6.07, 6.45) is 0. The normalized spacial score (nSPS) is 14.4. The number of hydrogen-bond donors (Lipinski definition) is 1. The van der Waals surface area contributed by atoms with Crippen LogP contribution in [0.3, 0.4) is 0 Å². The lowest BCUT2D eigenvalue weighted by Crippen LogP contribution is -2.38. The molecule has 116 valence electrons. The average Bonchev–Trinajstić information content (AvgIpc) is 2.54. The maximum absolute atomic E-state index is 13.5. The van der Waals surface area contributed by atoms with Crippen LogP contribution in [0.5, 0.6) is 5.75 Å². The van der Waals surface area contributed by atoms with E-state index in [1.54, 1.807) is 12.1 Å². The average molecular weight is 322 g/mol. The summed E-state index contributed by atoms with van der Waals surface area (Å²) in [4.78, 5) is 0.141. The molecular formula is C15H15FN2O3S. The quantitative estimate of drug-likeness (QED) is 0.936. The summed E-state index contributed by atoms with van der Waals surface area (Å²) < 4.78 is 45.6. The summed E-state index contributed by atoms with van der Waals surface area (Å²) in [5.74, 6) is -0.155. The molecule has 0 aromatic heterocycles. The lowest BCUT2D eigenvalue weighted by Gasteiger charge is -2.30. The van der Waals surface area contributed by atoms with Crippen molar-refractivity contribution in [2.75, 3.05) is 17.5 Å². The van der Waals surface area contributed by atoms with Crippen molar-refractivity contribution in [2.45, 2.75) is 11.4 Å². The van der Waals surface area contributed by atoms with E-state index in [1.165, 1.54) is 34.6 Å². The molecule has 0 unspecified atom stereocenters. The van der Waals surface area contributed by atoms with Gasteiger partial charge in [0.05, 0.1) is 17.1 Å². The van der Waals surface area contributed by atoms with E-state index in [-0.39, 0.29) is 23.7 Å². The van der Waals surface area contributed by atoms with Crippen LogP contribution in [0.2, 0.25) is 0 Å². The lowest BCUT2D eigenvalue weighted by molar-refractivity contribution is 0.315. The summed E-state index contributed by atoms with van der Waals surface area (Å²) >= 11 is 0. The fraction of sp³-hybridized carbons (Fsp3) is 0.200. The number of ether oxygens (including phenoxy) is 1. The van der Waals surface area contributed by atoms with Gasteiger partial charge in [-0.05, 0) is 29.8 Å². The topological polar surface area (TPSA) is 72.6 Å². The molecule has 0 atom stereocenters. The first-order valence-corrected chi connectivity index (χ1v) is 8.20. The van der Waals surface area contributed by atoms with Crippen molar-refractivity contribution in [3.05, 3.63) is 53.8 Å². The minimum atomic E-state index is -3.77. The number of benzene rings is 2. The number of anilines is 1. The monoisotopic (exact) mass is 322 g/mol. The summed E-state index contributed by atoms with van der Waals surface area (Å²) in [6.45, 7) is 0.697. The maximum Gasteiger partial charge on any atom is 0.264 e. The van der Waals surface area contributed by atoms with E-state index < -0.39 is 15.8 Å². The van der Waals surface area contributed by atoms with Crippen LogP contribution in [-0.4, -0.2) is 21.6 Å². The van der Waals surface area contributed by atoms with Gasteiger partial charge < -0.3 is 10.5 Å². The number of halogens is 1. The Morgan fingerprint density at radius 3 is 2.59 bits per heavy atom. The molecule has 0 amide bonds. The number of hydrogen-bond acceptors (Lipinski definition) is 4. The van der Waals surface area contributed by atoms with Gasteiger partial charge in [-0.25, -0.2) is 12.8 Å². The fourth-order valence-electron chi connectivity index (χ4n) is 2.34. The first-order chi connectivity index (χ1) is 10.5. The summed E-state index contributed by atoms with van der Waals surface area (Å²) in [5.41, 5.74) is 6.57. The van der Waals surface area contributed by atoms with Gasteiger partial charge in [0.25, 0.3) is 10.0 Å². The van der Waals surface area contributed by atoms with Gasteiger partial charge in [0.2, 0.25) is 0 Å². The Morgan fingerprint density at radius 2 is 1.91 bits per heavy atom. The van der Waals surface area contributed by atoms with E-state index in [1.807, 2.05) is 0 Å². The second kappa shape index (κ2) is 5.58. The number of nitrogens with zero attached hydrogens (tertiary/aromatic N) is 1. The zero-order valence-electron chi connectivity index (χ0n) is 11.7. The minimum absolute atomic E-state index is 0.136. The van der Waals surface area contributed by atoms with Crippen molar-refractivity contribution in [3.8, 4) is 5.75 Å². The summed E-state index contributed by atoms with van der Waals surface area (Å²) in [7, 11) is -3.77. The van der Waals surface area contributed by atoms with Gasteiger partial charge >= 0.3 is 0 Å². The SMILES string of the molecule is NCc1ccc(S(=O)(=O)N2CCOc3ccc(F)cc32)cc1. The predicted molar refractivity (Wildman–Crippen MR) is 80.8 cm³/mol. The van der Waals surface area contributed by atoms with Crippen LogP contribution in [0, 0.1) is 5.82 Å². The molecule has 2 N–H and O–H groups in total. The van der Waals surface area contributed by atoms with Crippen LogP contribution >= 0.6 is 0 Å². The third-order valence-electron chi connectivity index (χ3n) is 3.49. The van der Waals surface area contributed by atoms with Gasteiger partial charge in [-0.3, -0.25) is 4.31 Å². The van der Waals surface area contributed by atoms with E-state index in [2.05, 4.69) is 0 Å². The molecule has 7 heteroatoms. The van der Waals surface area contributed by atoms with E-state index in [4.69, 9.17) is 10.5 Å². The highest BCUT2D eigenvalue weighted by molar-refractivity contribution is 7.92. The van der Waals surface area contributed by atoms with Crippen molar-refractivity contribution in [2.24, 2.45) is 5.73 Å². The van der Waals surface area contributed by atoms with E-state index in [9.17, 15) is 12.8 Å². The zero-order valence-corrected chi connectivity index (χ0v) is 12.5. The molecule has 0 radical (unpaired) electrons. The van der Waals surface area contributed by atoms with Crippen LogP contribution in [0.25, 0.3) is 0 Å². The largest absolute Gasteiger partial charge is 0.489 e. The molecular weight excluding hydrogens is 307 g/mol. The fourth-order valence-corrected chi connectivity index (χ4v) is 3.79. The smallest absolute Gasteiger partial charge is 0.264 e. The molecule has 1 heterocycles. The second-order valence-corrected chi connectivity index (χ2v) is 6.75. The minimum Gasteiger partial charge on any atom is -0.489 e. The van der Waals surface area contributed by atoms with Crippen LogP contribution in [0.1, 0.15) is 5.56 Å². The standard InChI is InChI=1S/C15H15FN2O3S/c16-12-3-6-15-14(9-12)18(7-8-21-15)22(19,20)13-4-1-11(10-17)2-5-13/h1-6,9H,7-8,10,17H2. The Balaban J connectivity index is 2.05. The highest BCUT2D eigenvalue weighted by Crippen LogP contribution is 2.35. The highest BCUT2D eigenvalue weighted by Gasteiger charge is 2.30.